The minimum Gasteiger partial charge on any atom is -0.497 e. The SMILES string of the molecule is COc1cccc(N2C(=S)N[C@H](c3ccccn3)[C@H]2c2cccn2-c2cccc(OC)c2)c1. The van der Waals surface area contributed by atoms with Gasteiger partial charge < -0.3 is 24.3 Å². The highest BCUT2D eigenvalue weighted by atomic mass is 32.1. The van der Waals surface area contributed by atoms with Crippen LogP contribution in [0.4, 0.5) is 5.69 Å². The molecule has 3 heterocycles. The first-order valence-corrected chi connectivity index (χ1v) is 11.1. The van der Waals surface area contributed by atoms with Crippen molar-refractivity contribution in [3.63, 3.8) is 0 Å². The van der Waals surface area contributed by atoms with E-state index in [4.69, 9.17) is 21.7 Å². The Morgan fingerprint density at radius 2 is 1.58 bits per heavy atom. The zero-order valence-electron chi connectivity index (χ0n) is 18.4. The number of nitrogens with one attached hydrogen (secondary N) is 1. The largest absolute Gasteiger partial charge is 0.497 e. The standard InChI is InChI=1S/C26H24N4O2S/c1-31-20-10-5-8-18(16-20)29-15-7-13-23(29)25-24(22-12-3-4-14-27-22)28-26(33)30(25)19-9-6-11-21(17-19)32-2/h3-17,24-25H,1-2H3,(H,28,33)/t24-,25-/m1/s1. The molecule has 33 heavy (non-hydrogen) atoms. The lowest BCUT2D eigenvalue weighted by Crippen LogP contribution is -2.30. The number of hydrogen-bond donors (Lipinski definition) is 1. The van der Waals surface area contributed by atoms with Crippen molar-refractivity contribution in [2.24, 2.45) is 0 Å². The van der Waals surface area contributed by atoms with E-state index in [1.807, 2.05) is 66.9 Å². The normalized spacial score (nSPS) is 17.6. The average Bonchev–Trinajstić information content (AvgIpc) is 3.49. The molecule has 6 nitrogen and oxygen atoms in total. The van der Waals surface area contributed by atoms with Gasteiger partial charge >= 0.3 is 0 Å². The number of methoxy groups -OCH3 is 2. The van der Waals surface area contributed by atoms with Crippen LogP contribution in [-0.2, 0) is 0 Å². The number of ether oxygens (including phenoxy) is 2. The number of hydrogen-bond acceptors (Lipinski definition) is 4. The third kappa shape index (κ3) is 3.91. The highest BCUT2D eigenvalue weighted by Gasteiger charge is 2.42. The van der Waals surface area contributed by atoms with Crippen molar-refractivity contribution in [1.82, 2.24) is 14.9 Å². The van der Waals surface area contributed by atoms with Crippen LogP contribution in [0.25, 0.3) is 5.69 Å². The summed E-state index contributed by atoms with van der Waals surface area (Å²) in [5, 5.41) is 4.15. The molecule has 0 unspecified atom stereocenters. The molecule has 7 heteroatoms. The van der Waals surface area contributed by atoms with E-state index in [2.05, 4.69) is 44.2 Å². The van der Waals surface area contributed by atoms with Crippen LogP contribution in [0.3, 0.4) is 0 Å². The minimum absolute atomic E-state index is 0.135. The Morgan fingerprint density at radius 3 is 2.27 bits per heavy atom. The van der Waals surface area contributed by atoms with E-state index >= 15 is 0 Å². The molecule has 2 aromatic carbocycles. The summed E-state index contributed by atoms with van der Waals surface area (Å²) in [4.78, 5) is 6.79. The average molecular weight is 457 g/mol. The van der Waals surface area contributed by atoms with Crippen LogP contribution in [0.1, 0.15) is 23.5 Å². The molecular weight excluding hydrogens is 432 g/mol. The van der Waals surface area contributed by atoms with Gasteiger partial charge in [0.1, 0.15) is 17.5 Å². The molecule has 1 fully saturated rings. The Morgan fingerprint density at radius 1 is 0.848 bits per heavy atom. The molecule has 1 N–H and O–H groups in total. The van der Waals surface area contributed by atoms with Crippen molar-refractivity contribution in [3.8, 4) is 17.2 Å². The number of benzene rings is 2. The van der Waals surface area contributed by atoms with Gasteiger partial charge in [0.25, 0.3) is 0 Å². The van der Waals surface area contributed by atoms with Gasteiger partial charge in [-0.15, -0.1) is 0 Å². The molecule has 5 rings (SSSR count). The summed E-state index contributed by atoms with van der Waals surface area (Å²) in [5.74, 6) is 1.58. The van der Waals surface area contributed by atoms with Gasteiger partial charge in [-0.3, -0.25) is 4.98 Å². The van der Waals surface area contributed by atoms with Crippen LogP contribution in [0.2, 0.25) is 0 Å². The lowest BCUT2D eigenvalue weighted by Gasteiger charge is -2.29. The third-order valence-electron chi connectivity index (χ3n) is 5.84. The number of aromatic nitrogens is 2. The van der Waals surface area contributed by atoms with Gasteiger partial charge in [-0.05, 0) is 60.7 Å². The Hall–Kier alpha value is -3.84. The van der Waals surface area contributed by atoms with Gasteiger partial charge in [0.05, 0.1) is 26.0 Å². The first-order chi connectivity index (χ1) is 16.2. The summed E-state index contributed by atoms with van der Waals surface area (Å²) in [5.41, 5.74) is 3.97. The van der Waals surface area contributed by atoms with Crippen molar-refractivity contribution in [2.75, 3.05) is 19.1 Å². The molecule has 2 aromatic heterocycles. The van der Waals surface area contributed by atoms with Gasteiger partial charge in [0.15, 0.2) is 5.11 Å². The van der Waals surface area contributed by atoms with Crippen LogP contribution in [0, 0.1) is 0 Å². The van der Waals surface area contributed by atoms with Crippen LogP contribution >= 0.6 is 12.2 Å². The van der Waals surface area contributed by atoms with Gasteiger partial charge in [0, 0.05) is 41.6 Å². The smallest absolute Gasteiger partial charge is 0.174 e. The second-order valence-corrected chi connectivity index (χ2v) is 8.09. The van der Waals surface area contributed by atoms with Gasteiger partial charge in [-0.2, -0.15) is 0 Å². The molecule has 0 amide bonds. The monoisotopic (exact) mass is 456 g/mol. The van der Waals surface area contributed by atoms with E-state index in [9.17, 15) is 0 Å². The fraction of sp³-hybridized carbons (Fsp3) is 0.154. The predicted octanol–water partition coefficient (Wildman–Crippen LogP) is 5.07. The predicted molar refractivity (Wildman–Crippen MR) is 133 cm³/mol. The second-order valence-electron chi connectivity index (χ2n) is 7.70. The summed E-state index contributed by atoms with van der Waals surface area (Å²) in [6, 6.07) is 25.8. The van der Waals surface area contributed by atoms with Crippen molar-refractivity contribution in [2.45, 2.75) is 12.1 Å². The first kappa shape index (κ1) is 21.0. The van der Waals surface area contributed by atoms with E-state index in [1.165, 1.54) is 0 Å². The first-order valence-electron chi connectivity index (χ1n) is 10.7. The number of pyridine rings is 1. The van der Waals surface area contributed by atoms with E-state index in [0.29, 0.717) is 5.11 Å². The second kappa shape index (κ2) is 8.96. The lowest BCUT2D eigenvalue weighted by atomic mass is 10.0. The molecule has 1 aliphatic rings. The number of anilines is 1. The van der Waals surface area contributed by atoms with Gasteiger partial charge in [0.2, 0.25) is 0 Å². The van der Waals surface area contributed by atoms with E-state index < -0.39 is 0 Å². The molecule has 0 bridgehead atoms. The van der Waals surface area contributed by atoms with Crippen LogP contribution in [0.15, 0.2) is 91.3 Å². The van der Waals surface area contributed by atoms with Crippen molar-refractivity contribution < 1.29 is 9.47 Å². The summed E-state index contributed by atoms with van der Waals surface area (Å²) in [6.07, 6.45) is 3.87. The van der Waals surface area contributed by atoms with E-state index in [-0.39, 0.29) is 12.1 Å². The molecule has 0 aliphatic carbocycles. The van der Waals surface area contributed by atoms with E-state index in [1.54, 1.807) is 14.2 Å². The topological polar surface area (TPSA) is 51.5 Å². The molecule has 4 aromatic rings. The fourth-order valence-electron chi connectivity index (χ4n) is 4.32. The summed E-state index contributed by atoms with van der Waals surface area (Å²) in [6.45, 7) is 0. The maximum Gasteiger partial charge on any atom is 0.174 e. The molecule has 2 atom stereocenters. The summed E-state index contributed by atoms with van der Waals surface area (Å²) >= 11 is 5.85. The summed E-state index contributed by atoms with van der Waals surface area (Å²) in [7, 11) is 3.35. The molecular formula is C26H24N4O2S. The Kier molecular flexibility index (Phi) is 5.71. The van der Waals surface area contributed by atoms with Crippen LogP contribution in [-0.4, -0.2) is 28.9 Å². The number of nitrogens with zero attached hydrogens (tertiary/aromatic N) is 3. The van der Waals surface area contributed by atoms with Gasteiger partial charge in [-0.25, -0.2) is 0 Å². The van der Waals surface area contributed by atoms with Crippen molar-refractivity contribution in [1.29, 1.82) is 0 Å². The molecule has 0 spiro atoms. The third-order valence-corrected chi connectivity index (χ3v) is 6.16. The quantitative estimate of drug-likeness (QED) is 0.409. The van der Waals surface area contributed by atoms with E-state index in [0.717, 1.165) is 34.3 Å². The Bertz CT molecular complexity index is 1270. The van der Waals surface area contributed by atoms with Crippen molar-refractivity contribution >= 4 is 23.0 Å². The highest BCUT2D eigenvalue weighted by Crippen LogP contribution is 2.43. The maximum absolute atomic E-state index is 5.85. The van der Waals surface area contributed by atoms with Gasteiger partial charge in [-0.1, -0.05) is 18.2 Å². The highest BCUT2D eigenvalue weighted by molar-refractivity contribution is 7.80. The molecule has 0 radical (unpaired) electrons. The summed E-state index contributed by atoms with van der Waals surface area (Å²) < 4.78 is 13.1. The van der Waals surface area contributed by atoms with Crippen molar-refractivity contribution in [3.05, 3.63) is 103 Å². The molecule has 0 saturated carbocycles. The maximum atomic E-state index is 5.85. The minimum atomic E-state index is -0.138. The molecule has 1 aliphatic heterocycles. The number of thiocarbonyl (C=S) groups is 1. The zero-order chi connectivity index (χ0) is 22.8. The van der Waals surface area contributed by atoms with Crippen LogP contribution < -0.4 is 19.7 Å². The van der Waals surface area contributed by atoms with Crippen LogP contribution in [0.5, 0.6) is 11.5 Å². The molecule has 1 saturated heterocycles. The Labute approximate surface area is 198 Å². The zero-order valence-corrected chi connectivity index (χ0v) is 19.2. The number of rotatable bonds is 6. The Balaban J connectivity index is 1.66. The lowest BCUT2D eigenvalue weighted by molar-refractivity contribution is 0.414. The molecule has 166 valence electrons. The fourth-order valence-corrected chi connectivity index (χ4v) is 4.67.